The van der Waals surface area contributed by atoms with Gasteiger partial charge in [0.05, 0.1) is 6.33 Å². The van der Waals surface area contributed by atoms with Crippen molar-refractivity contribution in [2.75, 3.05) is 6.54 Å². The molecule has 1 saturated carbocycles. The highest BCUT2D eigenvalue weighted by Gasteiger charge is 2.43. The zero-order valence-electron chi connectivity index (χ0n) is 11.7. The predicted molar refractivity (Wildman–Crippen MR) is 84.8 cm³/mol. The van der Waals surface area contributed by atoms with Gasteiger partial charge in [-0.3, -0.25) is 4.79 Å². The monoisotopic (exact) mass is 347 g/mol. The van der Waals surface area contributed by atoms with Gasteiger partial charge in [0, 0.05) is 35.9 Å². The molecule has 0 bridgehead atoms. The Balaban J connectivity index is 1.40. The van der Waals surface area contributed by atoms with Crippen molar-refractivity contribution in [3.05, 3.63) is 53.0 Å². The van der Waals surface area contributed by atoms with Crippen LogP contribution in [0.4, 0.5) is 0 Å². The van der Waals surface area contributed by atoms with E-state index in [4.69, 9.17) is 0 Å². The third kappa shape index (κ3) is 3.73. The molecule has 1 fully saturated rings. The first-order valence-corrected chi connectivity index (χ1v) is 8.02. The molecule has 1 aliphatic rings. The maximum Gasteiger partial charge on any atom is 0.223 e. The summed E-state index contributed by atoms with van der Waals surface area (Å²) in [6.45, 7) is 1.61. The van der Waals surface area contributed by atoms with Crippen LogP contribution in [0.3, 0.4) is 0 Å². The summed E-state index contributed by atoms with van der Waals surface area (Å²) in [5, 5.41) is 3.04. The Hall–Kier alpha value is -1.62. The fourth-order valence-electron chi connectivity index (χ4n) is 2.59. The summed E-state index contributed by atoms with van der Waals surface area (Å²) in [4.78, 5) is 16.1. The quantitative estimate of drug-likeness (QED) is 0.816. The first-order valence-electron chi connectivity index (χ1n) is 7.23. The summed E-state index contributed by atoms with van der Waals surface area (Å²) >= 11 is 3.43. The minimum Gasteiger partial charge on any atom is -0.356 e. The van der Waals surface area contributed by atoms with Crippen LogP contribution in [0.15, 0.2) is 47.5 Å². The molecule has 1 aromatic heterocycles. The van der Waals surface area contributed by atoms with Crippen LogP contribution in [0, 0.1) is 5.92 Å². The number of benzene rings is 1. The molecule has 1 amide bonds. The van der Waals surface area contributed by atoms with Gasteiger partial charge < -0.3 is 9.88 Å². The highest BCUT2D eigenvalue weighted by atomic mass is 79.9. The Kier molecular flexibility index (Phi) is 4.39. The number of nitrogens with zero attached hydrogens (tertiary/aromatic N) is 2. The molecular weight excluding hydrogens is 330 g/mol. The molecule has 4 nitrogen and oxygen atoms in total. The molecule has 2 aromatic rings. The van der Waals surface area contributed by atoms with E-state index in [0.29, 0.717) is 5.92 Å². The molecule has 1 aromatic carbocycles. The Morgan fingerprint density at radius 2 is 2.19 bits per heavy atom. The van der Waals surface area contributed by atoms with E-state index in [9.17, 15) is 4.79 Å². The predicted octanol–water partition coefficient (Wildman–Crippen LogP) is 2.96. The van der Waals surface area contributed by atoms with Crippen molar-refractivity contribution in [3.63, 3.8) is 0 Å². The lowest BCUT2D eigenvalue weighted by Crippen LogP contribution is -2.27. The minimum atomic E-state index is 0.152. The molecule has 1 heterocycles. The molecule has 1 aliphatic carbocycles. The van der Waals surface area contributed by atoms with Gasteiger partial charge in [0.15, 0.2) is 0 Å². The van der Waals surface area contributed by atoms with E-state index in [-0.39, 0.29) is 11.8 Å². The summed E-state index contributed by atoms with van der Waals surface area (Å²) in [6, 6.07) is 8.27. The van der Waals surface area contributed by atoms with Crippen molar-refractivity contribution < 1.29 is 4.79 Å². The number of aryl methyl sites for hydroxylation is 1. The highest BCUT2D eigenvalue weighted by Crippen LogP contribution is 2.47. The maximum atomic E-state index is 12.1. The lowest BCUT2D eigenvalue weighted by atomic mass is 10.1. The van der Waals surface area contributed by atoms with Gasteiger partial charge in [-0.2, -0.15) is 0 Å². The summed E-state index contributed by atoms with van der Waals surface area (Å²) in [7, 11) is 0. The topological polar surface area (TPSA) is 46.9 Å². The molecule has 1 N–H and O–H groups in total. The molecular formula is C16H18BrN3O. The van der Waals surface area contributed by atoms with Gasteiger partial charge in [0.1, 0.15) is 0 Å². The fourth-order valence-corrected chi connectivity index (χ4v) is 2.85. The number of halogens is 1. The number of carbonyl (C=O) groups excluding carboxylic acids is 1. The number of hydrogen-bond donors (Lipinski definition) is 1. The first-order chi connectivity index (χ1) is 10.2. The van der Waals surface area contributed by atoms with Crippen LogP contribution in [-0.4, -0.2) is 22.0 Å². The van der Waals surface area contributed by atoms with Crippen molar-refractivity contribution >= 4 is 21.8 Å². The third-order valence-electron chi connectivity index (χ3n) is 3.88. The number of rotatable bonds is 6. The van der Waals surface area contributed by atoms with Gasteiger partial charge in [-0.1, -0.05) is 28.1 Å². The minimum absolute atomic E-state index is 0.152. The first kappa shape index (κ1) is 14.3. The van der Waals surface area contributed by atoms with Gasteiger partial charge in [-0.15, -0.1) is 0 Å². The molecule has 2 atom stereocenters. The Morgan fingerprint density at radius 1 is 1.38 bits per heavy atom. The molecule has 3 rings (SSSR count). The average Bonchev–Trinajstić information content (AvgIpc) is 3.12. The largest absolute Gasteiger partial charge is 0.356 e. The SMILES string of the molecule is O=C(NCCCn1ccnc1)[C@@H]1C[C@H]1c1ccc(Br)cc1. The van der Waals surface area contributed by atoms with Gasteiger partial charge in [0.25, 0.3) is 0 Å². The van der Waals surface area contributed by atoms with Crippen molar-refractivity contribution in [1.82, 2.24) is 14.9 Å². The standard InChI is InChI=1S/C16H18BrN3O/c17-13-4-2-12(3-5-13)14-10-15(14)16(21)19-6-1-8-20-9-7-18-11-20/h2-5,7,9,11,14-15H,1,6,8,10H2,(H,19,21)/t14-,15+/m0/s1. The molecule has 21 heavy (non-hydrogen) atoms. The van der Waals surface area contributed by atoms with E-state index < -0.39 is 0 Å². The zero-order chi connectivity index (χ0) is 14.7. The van der Waals surface area contributed by atoms with Crippen LogP contribution in [-0.2, 0) is 11.3 Å². The second-order valence-corrected chi connectivity index (χ2v) is 6.36. The number of aromatic nitrogens is 2. The smallest absolute Gasteiger partial charge is 0.223 e. The van der Waals surface area contributed by atoms with Crippen molar-refractivity contribution in [2.24, 2.45) is 5.92 Å². The van der Waals surface area contributed by atoms with E-state index in [1.54, 1.807) is 12.5 Å². The molecule has 0 radical (unpaired) electrons. The molecule has 0 aliphatic heterocycles. The zero-order valence-corrected chi connectivity index (χ0v) is 13.3. The summed E-state index contributed by atoms with van der Waals surface area (Å²) in [5.41, 5.74) is 1.26. The van der Waals surface area contributed by atoms with E-state index in [1.807, 2.05) is 22.9 Å². The Morgan fingerprint density at radius 3 is 2.90 bits per heavy atom. The molecule has 0 unspecified atom stereocenters. The van der Waals surface area contributed by atoms with Crippen molar-refractivity contribution in [2.45, 2.75) is 25.3 Å². The normalized spacial score (nSPS) is 20.2. The highest BCUT2D eigenvalue weighted by molar-refractivity contribution is 9.10. The average molecular weight is 348 g/mol. The van der Waals surface area contributed by atoms with E-state index in [1.165, 1.54) is 5.56 Å². The number of imidazole rings is 1. The fraction of sp³-hybridized carbons (Fsp3) is 0.375. The van der Waals surface area contributed by atoms with Gasteiger partial charge in [-0.25, -0.2) is 4.98 Å². The Labute approximate surface area is 132 Å². The van der Waals surface area contributed by atoms with E-state index in [0.717, 1.165) is 30.4 Å². The second kappa shape index (κ2) is 6.43. The van der Waals surface area contributed by atoms with E-state index in [2.05, 4.69) is 38.4 Å². The number of hydrogen-bond acceptors (Lipinski definition) is 2. The summed E-state index contributed by atoms with van der Waals surface area (Å²) < 4.78 is 3.10. The van der Waals surface area contributed by atoms with Gasteiger partial charge in [-0.05, 0) is 36.5 Å². The summed E-state index contributed by atoms with van der Waals surface area (Å²) in [6.07, 6.45) is 7.40. The van der Waals surface area contributed by atoms with Crippen LogP contribution in [0.1, 0.15) is 24.3 Å². The molecule has 0 spiro atoms. The van der Waals surface area contributed by atoms with Crippen LogP contribution in [0.25, 0.3) is 0 Å². The number of nitrogens with one attached hydrogen (secondary N) is 1. The third-order valence-corrected chi connectivity index (χ3v) is 4.41. The van der Waals surface area contributed by atoms with Crippen LogP contribution < -0.4 is 5.32 Å². The van der Waals surface area contributed by atoms with Gasteiger partial charge in [0.2, 0.25) is 5.91 Å². The van der Waals surface area contributed by atoms with E-state index >= 15 is 0 Å². The lowest BCUT2D eigenvalue weighted by molar-refractivity contribution is -0.122. The maximum absolute atomic E-state index is 12.1. The van der Waals surface area contributed by atoms with Crippen LogP contribution in [0.2, 0.25) is 0 Å². The van der Waals surface area contributed by atoms with Crippen LogP contribution in [0.5, 0.6) is 0 Å². The van der Waals surface area contributed by atoms with Crippen molar-refractivity contribution in [1.29, 1.82) is 0 Å². The number of carbonyl (C=O) groups is 1. The van der Waals surface area contributed by atoms with Crippen LogP contribution >= 0.6 is 15.9 Å². The van der Waals surface area contributed by atoms with Crippen molar-refractivity contribution in [3.8, 4) is 0 Å². The molecule has 5 heteroatoms. The Bertz CT molecular complexity index is 594. The summed E-state index contributed by atoms with van der Waals surface area (Å²) in [5.74, 6) is 0.736. The van der Waals surface area contributed by atoms with Gasteiger partial charge >= 0.3 is 0 Å². The second-order valence-electron chi connectivity index (χ2n) is 5.45. The molecule has 0 saturated heterocycles. The number of amides is 1. The molecule has 110 valence electrons. The lowest BCUT2D eigenvalue weighted by Gasteiger charge is -2.06.